The van der Waals surface area contributed by atoms with Gasteiger partial charge in [-0.3, -0.25) is 9.69 Å². The highest BCUT2D eigenvalue weighted by Crippen LogP contribution is 2.47. The number of hydrogen-bond acceptors (Lipinski definition) is 2. The number of amides is 3. The molecule has 2 atom stereocenters. The molecule has 1 aliphatic carbocycles. The number of rotatable bonds is 3. The lowest BCUT2D eigenvalue weighted by molar-refractivity contribution is -0.129. The summed E-state index contributed by atoms with van der Waals surface area (Å²) in [7, 11) is 0. The molecule has 6 rings (SSSR count). The van der Waals surface area contributed by atoms with E-state index in [-0.39, 0.29) is 18.0 Å². The molecule has 0 bridgehead atoms. The van der Waals surface area contributed by atoms with Crippen LogP contribution in [0, 0.1) is 5.92 Å². The summed E-state index contributed by atoms with van der Waals surface area (Å²) >= 11 is 0. The maximum atomic E-state index is 13.6. The zero-order valence-corrected chi connectivity index (χ0v) is 17.6. The number of imide groups is 1. The first-order valence-electron chi connectivity index (χ1n) is 11.5. The standard InChI is InChI=1S/C26H27N3O2/c30-25-22-15-20-19-13-7-8-14-21(19)27-23(20)24(18-11-5-2-6-12-18)29(22)26(31)28(25)16-17-9-3-1-4-10-17/h1,3-4,7-10,13-14,18,22,24,27H,2,5-6,11-12,15-16H2. The Morgan fingerprint density at radius 3 is 2.45 bits per heavy atom. The van der Waals surface area contributed by atoms with Gasteiger partial charge in [-0.1, -0.05) is 67.8 Å². The number of fused-ring (bicyclic) bond motifs is 4. The Labute approximate surface area is 182 Å². The second kappa shape index (κ2) is 7.26. The van der Waals surface area contributed by atoms with Crippen LogP contribution in [0.25, 0.3) is 10.9 Å². The molecule has 158 valence electrons. The van der Waals surface area contributed by atoms with Gasteiger partial charge in [-0.2, -0.15) is 0 Å². The van der Waals surface area contributed by atoms with Gasteiger partial charge < -0.3 is 9.88 Å². The highest BCUT2D eigenvalue weighted by molar-refractivity contribution is 6.05. The molecule has 2 aliphatic heterocycles. The van der Waals surface area contributed by atoms with Crippen molar-refractivity contribution in [3.8, 4) is 0 Å². The number of aromatic amines is 1. The molecule has 1 saturated carbocycles. The second-order valence-corrected chi connectivity index (χ2v) is 9.23. The molecule has 31 heavy (non-hydrogen) atoms. The fourth-order valence-electron chi connectivity index (χ4n) is 6.01. The fraction of sp³-hybridized carbons (Fsp3) is 0.385. The van der Waals surface area contributed by atoms with Gasteiger partial charge in [0.25, 0.3) is 5.91 Å². The van der Waals surface area contributed by atoms with Gasteiger partial charge in [-0.25, -0.2) is 4.79 Å². The molecule has 1 aromatic heterocycles. The lowest BCUT2D eigenvalue weighted by Crippen LogP contribution is -2.46. The Bertz CT molecular complexity index is 1150. The van der Waals surface area contributed by atoms with Gasteiger partial charge in [0.1, 0.15) is 6.04 Å². The van der Waals surface area contributed by atoms with Crippen molar-refractivity contribution >= 4 is 22.8 Å². The third-order valence-corrected chi connectivity index (χ3v) is 7.46. The minimum atomic E-state index is -0.394. The minimum Gasteiger partial charge on any atom is -0.356 e. The molecule has 1 saturated heterocycles. The van der Waals surface area contributed by atoms with Crippen LogP contribution >= 0.6 is 0 Å². The number of carbonyl (C=O) groups excluding carboxylic acids is 2. The summed E-state index contributed by atoms with van der Waals surface area (Å²) in [5.74, 6) is 0.349. The highest BCUT2D eigenvalue weighted by atomic mass is 16.2. The molecular weight excluding hydrogens is 386 g/mol. The van der Waals surface area contributed by atoms with Crippen LogP contribution in [0.2, 0.25) is 0 Å². The predicted molar refractivity (Wildman–Crippen MR) is 119 cm³/mol. The van der Waals surface area contributed by atoms with Gasteiger partial charge in [0.15, 0.2) is 0 Å². The van der Waals surface area contributed by atoms with E-state index >= 15 is 0 Å². The highest BCUT2D eigenvalue weighted by Gasteiger charge is 2.53. The molecule has 5 heteroatoms. The lowest BCUT2D eigenvalue weighted by atomic mass is 9.78. The molecule has 0 radical (unpaired) electrons. The zero-order chi connectivity index (χ0) is 20.9. The van der Waals surface area contributed by atoms with E-state index in [4.69, 9.17) is 0 Å². The first-order valence-corrected chi connectivity index (χ1v) is 11.5. The molecule has 2 unspecified atom stereocenters. The van der Waals surface area contributed by atoms with Crippen molar-refractivity contribution in [2.45, 2.75) is 57.2 Å². The van der Waals surface area contributed by atoms with E-state index in [2.05, 4.69) is 23.2 Å². The van der Waals surface area contributed by atoms with E-state index in [1.54, 1.807) is 0 Å². The Hall–Kier alpha value is -3.08. The molecule has 0 spiro atoms. The van der Waals surface area contributed by atoms with Crippen molar-refractivity contribution in [1.29, 1.82) is 0 Å². The maximum Gasteiger partial charge on any atom is 0.328 e. The largest absolute Gasteiger partial charge is 0.356 e. The molecule has 5 nitrogen and oxygen atoms in total. The SMILES string of the molecule is O=C1C2Cc3c([nH]c4ccccc34)C(C3CCCCC3)N2C(=O)N1Cc1ccccc1. The fourth-order valence-corrected chi connectivity index (χ4v) is 6.01. The molecule has 1 N–H and O–H groups in total. The van der Waals surface area contributed by atoms with Crippen molar-refractivity contribution in [2.24, 2.45) is 5.92 Å². The van der Waals surface area contributed by atoms with Crippen LogP contribution in [0.3, 0.4) is 0 Å². The van der Waals surface area contributed by atoms with E-state index in [1.165, 1.54) is 35.1 Å². The van der Waals surface area contributed by atoms with Crippen molar-refractivity contribution in [1.82, 2.24) is 14.8 Å². The van der Waals surface area contributed by atoms with Crippen LogP contribution in [-0.4, -0.2) is 32.8 Å². The van der Waals surface area contributed by atoms with E-state index in [0.717, 1.165) is 29.6 Å². The van der Waals surface area contributed by atoms with E-state index < -0.39 is 6.04 Å². The number of carbonyl (C=O) groups is 2. The third-order valence-electron chi connectivity index (χ3n) is 7.46. The summed E-state index contributed by atoms with van der Waals surface area (Å²) in [5, 5.41) is 1.19. The average Bonchev–Trinajstić information content (AvgIpc) is 3.30. The summed E-state index contributed by atoms with van der Waals surface area (Å²) in [6.07, 6.45) is 6.49. The van der Waals surface area contributed by atoms with Crippen molar-refractivity contribution in [3.63, 3.8) is 0 Å². The number of nitrogens with one attached hydrogen (secondary N) is 1. The van der Waals surface area contributed by atoms with E-state index in [9.17, 15) is 9.59 Å². The number of aromatic nitrogens is 1. The van der Waals surface area contributed by atoms with Gasteiger partial charge >= 0.3 is 6.03 Å². The smallest absolute Gasteiger partial charge is 0.328 e. The van der Waals surface area contributed by atoms with Crippen LogP contribution < -0.4 is 0 Å². The summed E-state index contributed by atoms with van der Waals surface area (Å²) in [4.78, 5) is 34.2. The Kier molecular flexibility index (Phi) is 4.37. The van der Waals surface area contributed by atoms with Crippen molar-refractivity contribution in [2.75, 3.05) is 0 Å². The maximum absolute atomic E-state index is 13.6. The van der Waals surface area contributed by atoms with Gasteiger partial charge in [0, 0.05) is 23.0 Å². The van der Waals surface area contributed by atoms with Crippen LogP contribution in [0.1, 0.15) is 55.0 Å². The Balaban J connectivity index is 1.43. The van der Waals surface area contributed by atoms with Crippen LogP contribution in [0.15, 0.2) is 54.6 Å². The number of H-pyrrole nitrogens is 1. The monoisotopic (exact) mass is 413 g/mol. The zero-order valence-electron chi connectivity index (χ0n) is 17.6. The van der Waals surface area contributed by atoms with Gasteiger partial charge in [-0.15, -0.1) is 0 Å². The predicted octanol–water partition coefficient (Wildman–Crippen LogP) is 5.18. The minimum absolute atomic E-state index is 0.0429. The Morgan fingerprint density at radius 1 is 0.903 bits per heavy atom. The molecule has 2 aromatic carbocycles. The molecule has 3 aromatic rings. The summed E-state index contributed by atoms with van der Waals surface area (Å²) in [6.45, 7) is 0.345. The topological polar surface area (TPSA) is 56.4 Å². The molecule has 3 heterocycles. The quantitative estimate of drug-likeness (QED) is 0.602. The van der Waals surface area contributed by atoms with Gasteiger partial charge in [0.05, 0.1) is 12.6 Å². The Morgan fingerprint density at radius 2 is 1.65 bits per heavy atom. The molecule has 3 aliphatic rings. The number of urea groups is 1. The average molecular weight is 414 g/mol. The van der Waals surface area contributed by atoms with Crippen molar-refractivity contribution in [3.05, 3.63) is 71.4 Å². The first-order chi connectivity index (χ1) is 15.2. The van der Waals surface area contributed by atoms with Crippen molar-refractivity contribution < 1.29 is 9.59 Å². The lowest BCUT2D eigenvalue weighted by Gasteiger charge is -2.41. The van der Waals surface area contributed by atoms with Gasteiger partial charge in [-0.05, 0) is 36.0 Å². The molecule has 2 fully saturated rings. The van der Waals surface area contributed by atoms with Crippen LogP contribution in [0.4, 0.5) is 4.79 Å². The third kappa shape index (κ3) is 2.90. The number of para-hydroxylation sites is 1. The summed E-state index contributed by atoms with van der Waals surface area (Å²) in [6, 6.07) is 17.6. The molecular formula is C26H27N3O2. The molecule has 3 amide bonds. The van der Waals surface area contributed by atoms with Crippen LogP contribution in [-0.2, 0) is 17.8 Å². The summed E-state index contributed by atoms with van der Waals surface area (Å²) < 4.78 is 0. The second-order valence-electron chi connectivity index (χ2n) is 9.23. The van der Waals surface area contributed by atoms with E-state index in [1.807, 2.05) is 41.3 Å². The number of nitrogens with zero attached hydrogens (tertiary/aromatic N) is 2. The normalized spacial score (nSPS) is 24.0. The van der Waals surface area contributed by atoms with E-state index in [0.29, 0.717) is 18.9 Å². The number of benzene rings is 2. The van der Waals surface area contributed by atoms with Gasteiger partial charge in [0.2, 0.25) is 0 Å². The van der Waals surface area contributed by atoms with Crippen LogP contribution in [0.5, 0.6) is 0 Å². The number of hydrogen-bond donors (Lipinski definition) is 1. The first kappa shape index (κ1) is 18.7. The summed E-state index contributed by atoms with van der Waals surface area (Å²) in [5.41, 5.74) is 4.49.